The lowest BCUT2D eigenvalue weighted by Gasteiger charge is -2.09. The Morgan fingerprint density at radius 2 is 2.05 bits per heavy atom. The molecule has 2 heterocycles. The van der Waals surface area contributed by atoms with E-state index in [1.54, 1.807) is 18.5 Å². The molecule has 0 radical (unpaired) electrons. The van der Waals surface area contributed by atoms with E-state index in [1.807, 2.05) is 16.7 Å². The van der Waals surface area contributed by atoms with E-state index in [0.717, 1.165) is 5.16 Å². The van der Waals surface area contributed by atoms with Crippen molar-refractivity contribution in [3.05, 3.63) is 40.9 Å². The molecule has 3 aromatic rings. The molecule has 0 saturated heterocycles. The zero-order valence-corrected chi connectivity index (χ0v) is 12.5. The van der Waals surface area contributed by atoms with Crippen molar-refractivity contribution in [3.8, 4) is 0 Å². The average molecular weight is 302 g/mol. The van der Waals surface area contributed by atoms with Gasteiger partial charge in [-0.3, -0.25) is 4.79 Å². The van der Waals surface area contributed by atoms with Crippen molar-refractivity contribution in [2.45, 2.75) is 30.9 Å². The molecule has 0 amide bonds. The highest BCUT2D eigenvalue weighted by atomic mass is 32.2. The molecule has 0 aliphatic heterocycles. The first kappa shape index (κ1) is 13.7. The second kappa shape index (κ2) is 5.65. The number of hydrogen-bond donors (Lipinski definition) is 0. The van der Waals surface area contributed by atoms with E-state index in [0.29, 0.717) is 16.8 Å². The standard InChI is InChI=1S/C13H14N6OS/c1-9(2)18-7-14-16-13(18)21-8-19-12(20)10-5-3-4-6-11(10)15-17-19/h3-7,9H,8H2,1-2H3. The number of fused-ring (bicyclic) bond motifs is 1. The van der Waals surface area contributed by atoms with Crippen molar-refractivity contribution in [3.63, 3.8) is 0 Å². The molecule has 0 unspecified atom stereocenters. The highest BCUT2D eigenvalue weighted by Gasteiger charge is 2.10. The fourth-order valence-electron chi connectivity index (χ4n) is 1.92. The van der Waals surface area contributed by atoms with Gasteiger partial charge in [0.25, 0.3) is 5.56 Å². The number of rotatable bonds is 4. The molecule has 7 nitrogen and oxygen atoms in total. The van der Waals surface area contributed by atoms with Crippen molar-refractivity contribution in [1.29, 1.82) is 0 Å². The van der Waals surface area contributed by atoms with E-state index in [9.17, 15) is 4.79 Å². The first-order valence-corrected chi connectivity index (χ1v) is 7.50. The smallest absolute Gasteiger partial charge is 0.278 e. The zero-order valence-electron chi connectivity index (χ0n) is 11.7. The van der Waals surface area contributed by atoms with Crippen LogP contribution in [0.2, 0.25) is 0 Å². The lowest BCUT2D eigenvalue weighted by atomic mass is 10.2. The summed E-state index contributed by atoms with van der Waals surface area (Å²) in [4.78, 5) is 12.3. The van der Waals surface area contributed by atoms with Crippen LogP contribution in [0.3, 0.4) is 0 Å². The largest absolute Gasteiger partial charge is 0.306 e. The van der Waals surface area contributed by atoms with E-state index in [4.69, 9.17) is 0 Å². The van der Waals surface area contributed by atoms with Crippen LogP contribution in [0.4, 0.5) is 0 Å². The van der Waals surface area contributed by atoms with Crippen LogP contribution in [0, 0.1) is 0 Å². The molecule has 21 heavy (non-hydrogen) atoms. The molecular formula is C13H14N6OS. The Balaban J connectivity index is 1.87. The predicted molar refractivity (Wildman–Crippen MR) is 80.1 cm³/mol. The Morgan fingerprint density at radius 3 is 2.86 bits per heavy atom. The van der Waals surface area contributed by atoms with Gasteiger partial charge in [-0.2, -0.15) is 4.68 Å². The van der Waals surface area contributed by atoms with Crippen LogP contribution in [0.5, 0.6) is 0 Å². The van der Waals surface area contributed by atoms with E-state index < -0.39 is 0 Å². The van der Waals surface area contributed by atoms with Gasteiger partial charge in [-0.15, -0.1) is 15.3 Å². The minimum absolute atomic E-state index is 0.149. The third-order valence-corrected chi connectivity index (χ3v) is 3.97. The molecule has 108 valence electrons. The second-order valence-corrected chi connectivity index (χ2v) is 5.71. The summed E-state index contributed by atoms with van der Waals surface area (Å²) >= 11 is 1.41. The van der Waals surface area contributed by atoms with Crippen molar-refractivity contribution in [1.82, 2.24) is 29.8 Å². The van der Waals surface area contributed by atoms with Crippen molar-refractivity contribution in [2.24, 2.45) is 0 Å². The average Bonchev–Trinajstić information content (AvgIpc) is 2.95. The fraction of sp³-hybridized carbons (Fsp3) is 0.308. The molecule has 0 bridgehead atoms. The SMILES string of the molecule is CC(C)n1cnnc1SCn1nnc2ccccc2c1=O. The number of aromatic nitrogens is 6. The predicted octanol–water partition coefficient (Wildman–Crippen LogP) is 1.71. The molecule has 3 rings (SSSR count). The summed E-state index contributed by atoms with van der Waals surface area (Å²) in [6.07, 6.45) is 1.68. The third kappa shape index (κ3) is 2.66. The van der Waals surface area contributed by atoms with Crippen LogP contribution in [0.25, 0.3) is 10.9 Å². The van der Waals surface area contributed by atoms with Gasteiger partial charge < -0.3 is 4.57 Å². The van der Waals surface area contributed by atoms with E-state index in [1.165, 1.54) is 16.4 Å². The normalized spacial score (nSPS) is 11.4. The minimum Gasteiger partial charge on any atom is -0.306 e. The highest BCUT2D eigenvalue weighted by molar-refractivity contribution is 7.98. The molecular weight excluding hydrogens is 288 g/mol. The van der Waals surface area contributed by atoms with Crippen molar-refractivity contribution >= 4 is 22.7 Å². The first-order valence-electron chi connectivity index (χ1n) is 6.51. The summed E-state index contributed by atoms with van der Waals surface area (Å²) in [5, 5.41) is 17.3. The molecule has 0 N–H and O–H groups in total. The molecule has 0 aliphatic carbocycles. The van der Waals surface area contributed by atoms with Crippen LogP contribution < -0.4 is 5.56 Å². The van der Waals surface area contributed by atoms with Gasteiger partial charge in [0.1, 0.15) is 11.8 Å². The van der Waals surface area contributed by atoms with Crippen molar-refractivity contribution < 1.29 is 0 Å². The Morgan fingerprint density at radius 1 is 1.24 bits per heavy atom. The summed E-state index contributed by atoms with van der Waals surface area (Å²) in [5.74, 6) is 0.349. The van der Waals surface area contributed by atoms with E-state index in [-0.39, 0.29) is 11.6 Å². The van der Waals surface area contributed by atoms with Crippen LogP contribution in [-0.2, 0) is 5.88 Å². The van der Waals surface area contributed by atoms with E-state index >= 15 is 0 Å². The van der Waals surface area contributed by atoms with Gasteiger partial charge in [0.15, 0.2) is 5.16 Å². The first-order chi connectivity index (χ1) is 10.2. The van der Waals surface area contributed by atoms with Crippen LogP contribution >= 0.6 is 11.8 Å². The molecule has 0 saturated carbocycles. The summed E-state index contributed by atoms with van der Waals surface area (Å²) in [7, 11) is 0. The molecule has 0 spiro atoms. The maximum atomic E-state index is 12.3. The van der Waals surface area contributed by atoms with Crippen LogP contribution in [0.1, 0.15) is 19.9 Å². The lowest BCUT2D eigenvalue weighted by Crippen LogP contribution is -2.23. The maximum absolute atomic E-state index is 12.3. The summed E-state index contributed by atoms with van der Waals surface area (Å²) < 4.78 is 3.29. The Kier molecular flexibility index (Phi) is 3.70. The van der Waals surface area contributed by atoms with Gasteiger partial charge in [0, 0.05) is 6.04 Å². The van der Waals surface area contributed by atoms with E-state index in [2.05, 4.69) is 34.4 Å². The Hall–Kier alpha value is -2.22. The number of nitrogens with zero attached hydrogens (tertiary/aromatic N) is 6. The van der Waals surface area contributed by atoms with Gasteiger partial charge in [0.2, 0.25) is 0 Å². The number of benzene rings is 1. The lowest BCUT2D eigenvalue weighted by molar-refractivity contribution is 0.547. The zero-order chi connectivity index (χ0) is 14.8. The Labute approximate surface area is 125 Å². The van der Waals surface area contributed by atoms with Gasteiger partial charge in [-0.05, 0) is 26.0 Å². The summed E-state index contributed by atoms with van der Waals surface area (Å²) in [5.41, 5.74) is 0.456. The molecule has 8 heteroatoms. The molecule has 0 atom stereocenters. The fourth-order valence-corrected chi connectivity index (χ4v) is 2.83. The molecule has 2 aromatic heterocycles. The third-order valence-electron chi connectivity index (χ3n) is 3.04. The number of thioether (sulfide) groups is 1. The minimum atomic E-state index is -0.149. The van der Waals surface area contributed by atoms with Crippen molar-refractivity contribution in [2.75, 3.05) is 0 Å². The van der Waals surface area contributed by atoms with Gasteiger partial charge in [-0.25, -0.2) is 0 Å². The van der Waals surface area contributed by atoms with Gasteiger partial charge in [-0.1, -0.05) is 29.1 Å². The second-order valence-electron chi connectivity index (χ2n) is 4.80. The Bertz CT molecular complexity index is 825. The maximum Gasteiger partial charge on any atom is 0.278 e. The van der Waals surface area contributed by atoms with Gasteiger partial charge in [0.05, 0.1) is 11.3 Å². The number of hydrogen-bond acceptors (Lipinski definition) is 6. The van der Waals surface area contributed by atoms with Crippen LogP contribution in [-0.4, -0.2) is 29.8 Å². The topological polar surface area (TPSA) is 78.5 Å². The quantitative estimate of drug-likeness (QED) is 0.683. The van der Waals surface area contributed by atoms with Gasteiger partial charge >= 0.3 is 0 Å². The highest BCUT2D eigenvalue weighted by Crippen LogP contribution is 2.19. The monoisotopic (exact) mass is 302 g/mol. The summed E-state index contributed by atoms with van der Waals surface area (Å²) in [6.45, 7) is 4.10. The molecule has 0 aliphatic rings. The molecule has 1 aromatic carbocycles. The van der Waals surface area contributed by atoms with Crippen LogP contribution in [0.15, 0.2) is 40.5 Å². The summed E-state index contributed by atoms with van der Waals surface area (Å²) in [6, 6.07) is 7.45. The molecule has 0 fully saturated rings.